The van der Waals surface area contributed by atoms with Crippen LogP contribution in [-0.4, -0.2) is 18.1 Å². The number of hydrogen-bond acceptors (Lipinski definition) is 3. The molecule has 1 unspecified atom stereocenters. The monoisotopic (exact) mass is 192 g/mol. The number of nitrogens with one attached hydrogen (secondary N) is 1. The number of rotatable bonds is 5. The lowest BCUT2D eigenvalue weighted by atomic mass is 10.2. The molecule has 1 rings (SSSR count). The smallest absolute Gasteiger partial charge is 0.168 e. The van der Waals surface area contributed by atoms with Crippen molar-refractivity contribution in [3.8, 4) is 5.75 Å². The lowest BCUT2D eigenvalue weighted by Gasteiger charge is -2.14. The molecule has 0 saturated carbocycles. The highest BCUT2D eigenvalue weighted by atomic mass is 16.5. The van der Waals surface area contributed by atoms with Crippen molar-refractivity contribution >= 4 is 5.82 Å². The topological polar surface area (TPSA) is 34.2 Å². The van der Waals surface area contributed by atoms with E-state index in [2.05, 4.69) is 23.8 Å². The van der Waals surface area contributed by atoms with E-state index < -0.39 is 0 Å². The van der Waals surface area contributed by atoms with Crippen LogP contribution in [0.4, 0.5) is 5.82 Å². The lowest BCUT2D eigenvalue weighted by Crippen LogP contribution is -2.15. The summed E-state index contributed by atoms with van der Waals surface area (Å²) in [5, 5.41) is 3.25. The summed E-state index contributed by atoms with van der Waals surface area (Å²) in [7, 11) is 1.64. The van der Waals surface area contributed by atoms with E-state index in [4.69, 9.17) is 4.74 Å². The van der Waals surface area contributed by atoms with E-state index in [-0.39, 0.29) is 0 Å². The van der Waals surface area contributed by atoms with Gasteiger partial charge >= 0.3 is 0 Å². The fraction of sp³-hybridized carbons (Fsp3) is 0.364. The molecule has 76 valence electrons. The van der Waals surface area contributed by atoms with Gasteiger partial charge in [-0.25, -0.2) is 4.98 Å². The zero-order valence-corrected chi connectivity index (χ0v) is 8.66. The van der Waals surface area contributed by atoms with Crippen molar-refractivity contribution in [3.63, 3.8) is 0 Å². The van der Waals surface area contributed by atoms with Gasteiger partial charge in [0.25, 0.3) is 0 Å². The van der Waals surface area contributed by atoms with Crippen LogP contribution in [0.15, 0.2) is 31.0 Å². The Bertz CT molecular complexity index is 299. The number of aromatic nitrogens is 1. The first-order chi connectivity index (χ1) is 6.77. The predicted molar refractivity (Wildman–Crippen MR) is 58.7 cm³/mol. The Labute approximate surface area is 84.8 Å². The van der Waals surface area contributed by atoms with Gasteiger partial charge in [0.1, 0.15) is 0 Å². The van der Waals surface area contributed by atoms with Gasteiger partial charge < -0.3 is 10.1 Å². The van der Waals surface area contributed by atoms with E-state index in [0.29, 0.717) is 6.04 Å². The summed E-state index contributed by atoms with van der Waals surface area (Å²) in [5.74, 6) is 1.55. The Morgan fingerprint density at radius 2 is 2.50 bits per heavy atom. The van der Waals surface area contributed by atoms with E-state index in [0.717, 1.165) is 18.0 Å². The van der Waals surface area contributed by atoms with Crippen LogP contribution in [0.1, 0.15) is 13.3 Å². The fourth-order valence-corrected chi connectivity index (χ4v) is 1.21. The molecule has 0 saturated heterocycles. The van der Waals surface area contributed by atoms with Gasteiger partial charge in [0.2, 0.25) is 0 Å². The van der Waals surface area contributed by atoms with E-state index >= 15 is 0 Å². The first kappa shape index (κ1) is 10.6. The number of anilines is 1. The van der Waals surface area contributed by atoms with E-state index in [1.54, 1.807) is 13.3 Å². The molecule has 14 heavy (non-hydrogen) atoms. The van der Waals surface area contributed by atoms with Gasteiger partial charge in [-0.1, -0.05) is 6.08 Å². The van der Waals surface area contributed by atoms with Crippen molar-refractivity contribution in [1.29, 1.82) is 0 Å². The lowest BCUT2D eigenvalue weighted by molar-refractivity contribution is 0.414. The average molecular weight is 192 g/mol. The minimum absolute atomic E-state index is 0.316. The zero-order valence-electron chi connectivity index (χ0n) is 8.66. The molecule has 0 radical (unpaired) electrons. The molecule has 0 aromatic carbocycles. The van der Waals surface area contributed by atoms with Gasteiger partial charge in [-0.05, 0) is 25.5 Å². The third kappa shape index (κ3) is 2.76. The molecule has 1 aromatic heterocycles. The van der Waals surface area contributed by atoms with Gasteiger partial charge in [-0.2, -0.15) is 0 Å². The van der Waals surface area contributed by atoms with Crippen LogP contribution in [0.25, 0.3) is 0 Å². The van der Waals surface area contributed by atoms with Crippen LogP contribution in [0, 0.1) is 0 Å². The normalized spacial score (nSPS) is 11.9. The molecule has 1 heterocycles. The van der Waals surface area contributed by atoms with Crippen molar-refractivity contribution in [2.24, 2.45) is 0 Å². The summed E-state index contributed by atoms with van der Waals surface area (Å²) in [5.41, 5.74) is 0. The Morgan fingerprint density at radius 3 is 3.14 bits per heavy atom. The standard InChI is InChI=1S/C11H16N2O/c1-4-6-9(2)13-11-10(14-3)7-5-8-12-11/h4-5,7-9H,1,6H2,2-3H3,(H,12,13). The maximum Gasteiger partial charge on any atom is 0.168 e. The molecule has 1 N–H and O–H groups in total. The van der Waals surface area contributed by atoms with E-state index in [1.165, 1.54) is 0 Å². The predicted octanol–water partition coefficient (Wildman–Crippen LogP) is 2.47. The van der Waals surface area contributed by atoms with Crippen molar-refractivity contribution in [2.45, 2.75) is 19.4 Å². The van der Waals surface area contributed by atoms with Gasteiger partial charge in [0, 0.05) is 12.2 Å². The van der Waals surface area contributed by atoms with Crippen molar-refractivity contribution in [2.75, 3.05) is 12.4 Å². The second-order valence-corrected chi connectivity index (χ2v) is 3.12. The van der Waals surface area contributed by atoms with E-state index in [9.17, 15) is 0 Å². The Hall–Kier alpha value is -1.51. The molecule has 0 spiro atoms. The molecule has 3 nitrogen and oxygen atoms in total. The highest BCUT2D eigenvalue weighted by molar-refractivity contribution is 5.49. The second kappa shape index (κ2) is 5.27. The number of hydrogen-bond donors (Lipinski definition) is 1. The molecule has 1 atom stereocenters. The highest BCUT2D eigenvalue weighted by Gasteiger charge is 2.05. The molecule has 0 bridgehead atoms. The van der Waals surface area contributed by atoms with Crippen LogP contribution in [0.2, 0.25) is 0 Å². The Morgan fingerprint density at radius 1 is 1.71 bits per heavy atom. The number of ether oxygens (including phenoxy) is 1. The Balaban J connectivity index is 2.69. The van der Waals surface area contributed by atoms with Gasteiger partial charge in [0.05, 0.1) is 7.11 Å². The summed E-state index contributed by atoms with van der Waals surface area (Å²) in [6.07, 6.45) is 4.53. The van der Waals surface area contributed by atoms with Crippen LogP contribution in [0.5, 0.6) is 5.75 Å². The maximum absolute atomic E-state index is 5.17. The van der Waals surface area contributed by atoms with E-state index in [1.807, 2.05) is 18.2 Å². The van der Waals surface area contributed by atoms with Crippen LogP contribution >= 0.6 is 0 Å². The molecule has 0 aliphatic carbocycles. The first-order valence-corrected chi connectivity index (χ1v) is 4.64. The van der Waals surface area contributed by atoms with Crippen LogP contribution in [0.3, 0.4) is 0 Å². The van der Waals surface area contributed by atoms with Crippen LogP contribution in [-0.2, 0) is 0 Å². The molecule has 0 aliphatic heterocycles. The third-order valence-electron chi connectivity index (χ3n) is 1.89. The quantitative estimate of drug-likeness (QED) is 0.728. The minimum atomic E-state index is 0.316. The fourth-order valence-electron chi connectivity index (χ4n) is 1.21. The largest absolute Gasteiger partial charge is 0.493 e. The van der Waals surface area contributed by atoms with Gasteiger partial charge in [-0.15, -0.1) is 6.58 Å². The molecule has 0 amide bonds. The summed E-state index contributed by atoms with van der Waals surface area (Å²) < 4.78 is 5.17. The van der Waals surface area contributed by atoms with Gasteiger partial charge in [0.15, 0.2) is 11.6 Å². The average Bonchev–Trinajstić information content (AvgIpc) is 2.19. The molecule has 1 aromatic rings. The van der Waals surface area contributed by atoms with Crippen molar-refractivity contribution in [1.82, 2.24) is 4.98 Å². The van der Waals surface area contributed by atoms with Crippen molar-refractivity contribution < 1.29 is 4.74 Å². The minimum Gasteiger partial charge on any atom is -0.493 e. The maximum atomic E-state index is 5.17. The Kier molecular flexibility index (Phi) is 3.98. The summed E-state index contributed by atoms with van der Waals surface area (Å²) in [4.78, 5) is 4.20. The molecule has 0 fully saturated rings. The molecular formula is C11H16N2O. The van der Waals surface area contributed by atoms with Crippen molar-refractivity contribution in [3.05, 3.63) is 31.0 Å². The van der Waals surface area contributed by atoms with Crippen LogP contribution < -0.4 is 10.1 Å². The molecule has 0 aliphatic rings. The van der Waals surface area contributed by atoms with Gasteiger partial charge in [-0.3, -0.25) is 0 Å². The number of pyridine rings is 1. The zero-order chi connectivity index (χ0) is 10.4. The number of methoxy groups -OCH3 is 1. The SMILES string of the molecule is C=CCC(C)Nc1ncccc1OC. The summed E-state index contributed by atoms with van der Waals surface area (Å²) >= 11 is 0. The second-order valence-electron chi connectivity index (χ2n) is 3.12. The molecule has 3 heteroatoms. The highest BCUT2D eigenvalue weighted by Crippen LogP contribution is 2.21. The third-order valence-corrected chi connectivity index (χ3v) is 1.89. The first-order valence-electron chi connectivity index (χ1n) is 4.64. The number of nitrogens with zero attached hydrogens (tertiary/aromatic N) is 1. The summed E-state index contributed by atoms with van der Waals surface area (Å²) in [6, 6.07) is 4.05. The molecular weight excluding hydrogens is 176 g/mol. The summed E-state index contributed by atoms with van der Waals surface area (Å²) in [6.45, 7) is 5.77.